The minimum atomic E-state index is -3.74. The lowest BCUT2D eigenvalue weighted by Crippen LogP contribution is -2.12. The second kappa shape index (κ2) is 7.45. The average Bonchev–Trinajstić information content (AvgIpc) is 3.20. The number of anilines is 1. The van der Waals surface area contributed by atoms with Gasteiger partial charge in [-0.25, -0.2) is 13.4 Å². The van der Waals surface area contributed by atoms with Gasteiger partial charge in [-0.3, -0.25) is 9.52 Å². The minimum absolute atomic E-state index is 0.0688. The van der Waals surface area contributed by atoms with E-state index in [0.29, 0.717) is 16.8 Å². The SMILES string of the molecule is O=c1ccc2c(N=Nc3ccc(S(=O)(=O)Nc4nccs4)cc3)ccc(O)c2[nH]1. The Morgan fingerprint density at radius 3 is 2.55 bits per heavy atom. The van der Waals surface area contributed by atoms with Crippen molar-refractivity contribution in [2.24, 2.45) is 10.2 Å². The van der Waals surface area contributed by atoms with Crippen LogP contribution in [0.25, 0.3) is 10.9 Å². The number of pyridine rings is 1. The van der Waals surface area contributed by atoms with E-state index in [0.717, 1.165) is 0 Å². The molecular weight excluding hydrogens is 414 g/mol. The van der Waals surface area contributed by atoms with Crippen molar-refractivity contribution in [3.8, 4) is 5.75 Å². The number of thiazole rings is 1. The first-order valence-electron chi connectivity index (χ1n) is 8.21. The second-order valence-electron chi connectivity index (χ2n) is 5.85. The topological polar surface area (TPSA) is 137 Å². The van der Waals surface area contributed by atoms with E-state index in [1.807, 2.05) is 0 Å². The molecule has 2 aromatic carbocycles. The van der Waals surface area contributed by atoms with Crippen molar-refractivity contribution >= 4 is 48.8 Å². The number of aromatic amines is 1. The van der Waals surface area contributed by atoms with Gasteiger partial charge in [0.1, 0.15) is 5.75 Å². The highest BCUT2D eigenvalue weighted by atomic mass is 32.2. The maximum absolute atomic E-state index is 12.3. The van der Waals surface area contributed by atoms with E-state index in [-0.39, 0.29) is 26.9 Å². The number of hydrogen-bond donors (Lipinski definition) is 3. The zero-order valence-corrected chi connectivity index (χ0v) is 16.2. The third-order valence-electron chi connectivity index (χ3n) is 3.92. The minimum Gasteiger partial charge on any atom is -0.506 e. The number of benzene rings is 2. The van der Waals surface area contributed by atoms with Crippen LogP contribution in [0.5, 0.6) is 5.75 Å². The quantitative estimate of drug-likeness (QED) is 0.415. The highest BCUT2D eigenvalue weighted by Gasteiger charge is 2.15. The molecule has 0 bridgehead atoms. The Hall–Kier alpha value is -3.57. The van der Waals surface area contributed by atoms with E-state index < -0.39 is 10.0 Å². The lowest BCUT2D eigenvalue weighted by atomic mass is 10.1. The molecule has 0 aliphatic carbocycles. The van der Waals surface area contributed by atoms with Crippen LogP contribution in [-0.4, -0.2) is 23.5 Å². The molecule has 4 rings (SSSR count). The van der Waals surface area contributed by atoms with Gasteiger partial charge in [-0.05, 0) is 42.5 Å². The van der Waals surface area contributed by atoms with Crippen LogP contribution in [0.4, 0.5) is 16.5 Å². The molecule has 3 N–H and O–H groups in total. The number of nitrogens with zero attached hydrogens (tertiary/aromatic N) is 3. The fourth-order valence-corrected chi connectivity index (χ4v) is 4.35. The zero-order valence-electron chi connectivity index (χ0n) is 14.6. The summed E-state index contributed by atoms with van der Waals surface area (Å²) in [4.78, 5) is 18.0. The third-order valence-corrected chi connectivity index (χ3v) is 6.10. The summed E-state index contributed by atoms with van der Waals surface area (Å²) in [6.07, 6.45) is 1.51. The summed E-state index contributed by atoms with van der Waals surface area (Å²) < 4.78 is 27.1. The first kappa shape index (κ1) is 18.8. The largest absolute Gasteiger partial charge is 0.506 e. The Morgan fingerprint density at radius 2 is 1.83 bits per heavy atom. The Bertz CT molecular complexity index is 1360. The van der Waals surface area contributed by atoms with Crippen LogP contribution in [0.1, 0.15) is 0 Å². The molecule has 0 radical (unpaired) electrons. The summed E-state index contributed by atoms with van der Waals surface area (Å²) >= 11 is 1.18. The number of H-pyrrole nitrogens is 1. The number of phenolic OH excluding ortho intramolecular Hbond substituents is 1. The number of phenols is 1. The Kier molecular flexibility index (Phi) is 4.82. The van der Waals surface area contributed by atoms with Crippen LogP contribution in [-0.2, 0) is 10.0 Å². The van der Waals surface area contributed by atoms with Crippen molar-refractivity contribution in [3.63, 3.8) is 0 Å². The summed E-state index contributed by atoms with van der Waals surface area (Å²) in [7, 11) is -3.74. The molecule has 29 heavy (non-hydrogen) atoms. The van der Waals surface area contributed by atoms with Gasteiger partial charge in [0.2, 0.25) is 5.56 Å². The Morgan fingerprint density at radius 1 is 1.03 bits per heavy atom. The number of azo groups is 1. The van der Waals surface area contributed by atoms with Crippen LogP contribution < -0.4 is 10.3 Å². The normalized spacial score (nSPS) is 11.9. The average molecular weight is 427 g/mol. The third kappa shape index (κ3) is 4.00. The first-order valence-corrected chi connectivity index (χ1v) is 10.6. The molecule has 11 heteroatoms. The van der Waals surface area contributed by atoms with Crippen LogP contribution in [0, 0.1) is 0 Å². The molecule has 0 spiro atoms. The molecule has 2 aromatic heterocycles. The van der Waals surface area contributed by atoms with Gasteiger partial charge >= 0.3 is 0 Å². The summed E-state index contributed by atoms with van der Waals surface area (Å²) in [6, 6.07) is 11.7. The summed E-state index contributed by atoms with van der Waals surface area (Å²) in [5, 5.41) is 20.6. The van der Waals surface area contributed by atoms with E-state index in [4.69, 9.17) is 0 Å². The lowest BCUT2D eigenvalue weighted by molar-refractivity contribution is 0.480. The van der Waals surface area contributed by atoms with Gasteiger partial charge in [-0.1, -0.05) is 0 Å². The molecule has 0 saturated heterocycles. The smallest absolute Gasteiger partial charge is 0.263 e. The van der Waals surface area contributed by atoms with E-state index in [9.17, 15) is 18.3 Å². The molecule has 0 saturated carbocycles. The second-order valence-corrected chi connectivity index (χ2v) is 8.43. The summed E-state index contributed by atoms with van der Waals surface area (Å²) in [5.74, 6) is -0.0704. The first-order chi connectivity index (χ1) is 13.9. The molecule has 146 valence electrons. The van der Waals surface area contributed by atoms with Crippen molar-refractivity contribution in [2.45, 2.75) is 4.90 Å². The Labute approximate surface area is 168 Å². The molecule has 0 fully saturated rings. The highest BCUT2D eigenvalue weighted by Crippen LogP contribution is 2.31. The summed E-state index contributed by atoms with van der Waals surface area (Å²) in [6.45, 7) is 0. The van der Waals surface area contributed by atoms with Gasteiger partial charge in [-0.15, -0.1) is 16.5 Å². The van der Waals surface area contributed by atoms with Crippen molar-refractivity contribution in [1.29, 1.82) is 0 Å². The van der Waals surface area contributed by atoms with Gasteiger partial charge < -0.3 is 10.1 Å². The zero-order chi connectivity index (χ0) is 20.4. The van der Waals surface area contributed by atoms with Gasteiger partial charge in [0.15, 0.2) is 5.13 Å². The number of fused-ring (bicyclic) bond motifs is 1. The fourth-order valence-electron chi connectivity index (χ4n) is 2.56. The van der Waals surface area contributed by atoms with E-state index in [1.54, 1.807) is 17.5 Å². The number of sulfonamides is 1. The van der Waals surface area contributed by atoms with E-state index in [1.165, 1.54) is 53.9 Å². The number of nitrogens with one attached hydrogen (secondary N) is 2. The summed E-state index contributed by atoms with van der Waals surface area (Å²) in [5.41, 5.74) is 0.800. The lowest BCUT2D eigenvalue weighted by Gasteiger charge is -2.05. The van der Waals surface area contributed by atoms with Crippen molar-refractivity contribution in [2.75, 3.05) is 4.72 Å². The maximum Gasteiger partial charge on any atom is 0.263 e. The predicted octanol–water partition coefficient (Wildman–Crippen LogP) is 3.91. The number of aromatic nitrogens is 2. The van der Waals surface area contributed by atoms with Crippen LogP contribution in [0.15, 0.2) is 80.0 Å². The molecule has 0 atom stereocenters. The number of hydrogen-bond acceptors (Lipinski definition) is 8. The maximum atomic E-state index is 12.3. The standard InChI is InChI=1S/C18H13N5O4S2/c24-15-7-6-14(13-5-8-16(25)20-17(13)15)22-21-11-1-3-12(4-2-11)29(26,27)23-18-19-9-10-28-18/h1-10,24H,(H,19,23)(H,20,25). The van der Waals surface area contributed by atoms with Crippen LogP contribution in [0.2, 0.25) is 0 Å². The molecule has 0 aliphatic rings. The molecule has 0 amide bonds. The van der Waals surface area contributed by atoms with Crippen LogP contribution in [0.3, 0.4) is 0 Å². The molecule has 0 unspecified atom stereocenters. The molecule has 9 nitrogen and oxygen atoms in total. The van der Waals surface area contributed by atoms with E-state index >= 15 is 0 Å². The molecular formula is C18H13N5O4S2. The van der Waals surface area contributed by atoms with Gasteiger partial charge in [0.05, 0.1) is 21.8 Å². The highest BCUT2D eigenvalue weighted by molar-refractivity contribution is 7.93. The molecule has 2 heterocycles. The van der Waals surface area contributed by atoms with Gasteiger partial charge in [0, 0.05) is 23.0 Å². The monoisotopic (exact) mass is 427 g/mol. The number of rotatable bonds is 5. The molecule has 0 aliphatic heterocycles. The Balaban J connectivity index is 1.59. The van der Waals surface area contributed by atoms with Gasteiger partial charge in [-0.2, -0.15) is 5.11 Å². The van der Waals surface area contributed by atoms with Gasteiger partial charge in [0.25, 0.3) is 10.0 Å². The predicted molar refractivity (Wildman–Crippen MR) is 110 cm³/mol. The van der Waals surface area contributed by atoms with Crippen LogP contribution >= 0.6 is 11.3 Å². The van der Waals surface area contributed by atoms with E-state index in [2.05, 4.69) is 24.9 Å². The van der Waals surface area contributed by atoms with Crippen molar-refractivity contribution < 1.29 is 13.5 Å². The number of aromatic hydroxyl groups is 1. The fraction of sp³-hybridized carbons (Fsp3) is 0. The van der Waals surface area contributed by atoms with Crippen molar-refractivity contribution in [3.05, 3.63) is 70.5 Å². The molecule has 4 aromatic rings. The van der Waals surface area contributed by atoms with Crippen molar-refractivity contribution in [1.82, 2.24) is 9.97 Å².